The van der Waals surface area contributed by atoms with E-state index in [0.717, 1.165) is 5.56 Å². The van der Waals surface area contributed by atoms with Gasteiger partial charge in [-0.15, -0.1) is 0 Å². The molecule has 0 fully saturated rings. The van der Waals surface area contributed by atoms with Gasteiger partial charge in [0.15, 0.2) is 0 Å². The Morgan fingerprint density at radius 2 is 1.70 bits per heavy atom. The molecule has 0 aliphatic heterocycles. The highest BCUT2D eigenvalue weighted by atomic mass is 16.4. The van der Waals surface area contributed by atoms with Crippen LogP contribution in [-0.2, 0) is 16.1 Å². The molecule has 1 rings (SSSR count). The number of hydrogen-bond acceptors (Lipinski definition) is 4. The van der Waals surface area contributed by atoms with Gasteiger partial charge in [-0.05, 0) is 17.7 Å². The standard InChI is InChI=1S/C13H16N2O5/c14-11(16)8-15(6-5-12(17)18)7-9-1-3-10(4-2-9)13(19)20/h1-4H,5-8H2,(H2,14,16)(H,17,18)(H,19,20). The molecule has 0 aliphatic rings. The predicted octanol–water partition coefficient (Wildman–Crippen LogP) is 0.147. The lowest BCUT2D eigenvalue weighted by Crippen LogP contribution is -2.34. The van der Waals surface area contributed by atoms with E-state index in [0.29, 0.717) is 6.54 Å². The summed E-state index contributed by atoms with van der Waals surface area (Å²) in [4.78, 5) is 33.8. The van der Waals surface area contributed by atoms with Gasteiger partial charge in [-0.1, -0.05) is 12.1 Å². The van der Waals surface area contributed by atoms with Crippen LogP contribution in [0.1, 0.15) is 22.3 Å². The Kier molecular flexibility index (Phi) is 5.67. The first-order chi connectivity index (χ1) is 9.38. The van der Waals surface area contributed by atoms with Crippen molar-refractivity contribution in [2.75, 3.05) is 13.1 Å². The lowest BCUT2D eigenvalue weighted by Gasteiger charge is -2.19. The SMILES string of the molecule is NC(=O)CN(CCC(=O)O)Cc1ccc(C(=O)O)cc1. The third-order valence-electron chi connectivity index (χ3n) is 2.63. The zero-order valence-electron chi connectivity index (χ0n) is 10.8. The summed E-state index contributed by atoms with van der Waals surface area (Å²) in [5.41, 5.74) is 6.06. The van der Waals surface area contributed by atoms with Crippen molar-refractivity contribution < 1.29 is 24.6 Å². The van der Waals surface area contributed by atoms with Crippen molar-refractivity contribution in [3.63, 3.8) is 0 Å². The lowest BCUT2D eigenvalue weighted by atomic mass is 10.1. The molecule has 20 heavy (non-hydrogen) atoms. The summed E-state index contributed by atoms with van der Waals surface area (Å²) in [6.07, 6.45) is -0.0967. The van der Waals surface area contributed by atoms with Crippen LogP contribution in [0.3, 0.4) is 0 Å². The number of carbonyl (C=O) groups is 3. The minimum absolute atomic E-state index is 0.0477. The largest absolute Gasteiger partial charge is 0.481 e. The maximum Gasteiger partial charge on any atom is 0.335 e. The molecule has 108 valence electrons. The van der Waals surface area contributed by atoms with E-state index in [9.17, 15) is 14.4 Å². The van der Waals surface area contributed by atoms with Gasteiger partial charge in [0.1, 0.15) is 0 Å². The van der Waals surface area contributed by atoms with Gasteiger partial charge < -0.3 is 15.9 Å². The van der Waals surface area contributed by atoms with Crippen molar-refractivity contribution in [3.05, 3.63) is 35.4 Å². The van der Waals surface area contributed by atoms with Crippen LogP contribution in [0.15, 0.2) is 24.3 Å². The molecular weight excluding hydrogens is 264 g/mol. The number of hydrogen-bond donors (Lipinski definition) is 3. The van der Waals surface area contributed by atoms with Gasteiger partial charge >= 0.3 is 11.9 Å². The zero-order chi connectivity index (χ0) is 15.1. The van der Waals surface area contributed by atoms with Gasteiger partial charge in [-0.25, -0.2) is 4.79 Å². The monoisotopic (exact) mass is 280 g/mol. The van der Waals surface area contributed by atoms with E-state index in [1.165, 1.54) is 12.1 Å². The molecule has 0 saturated carbocycles. The molecule has 0 atom stereocenters. The van der Waals surface area contributed by atoms with Crippen molar-refractivity contribution in [3.8, 4) is 0 Å². The van der Waals surface area contributed by atoms with Crippen LogP contribution in [0.2, 0.25) is 0 Å². The van der Waals surface area contributed by atoms with Crippen molar-refractivity contribution in [2.24, 2.45) is 5.73 Å². The van der Waals surface area contributed by atoms with Gasteiger partial charge in [0, 0.05) is 13.1 Å². The van der Waals surface area contributed by atoms with E-state index in [4.69, 9.17) is 15.9 Å². The number of carbonyl (C=O) groups excluding carboxylic acids is 1. The van der Waals surface area contributed by atoms with Gasteiger partial charge in [0.25, 0.3) is 0 Å². The van der Waals surface area contributed by atoms with E-state index in [1.54, 1.807) is 17.0 Å². The number of aromatic carboxylic acids is 1. The smallest absolute Gasteiger partial charge is 0.335 e. The Hall–Kier alpha value is -2.41. The molecule has 1 aromatic carbocycles. The molecule has 0 bridgehead atoms. The molecule has 0 aliphatic carbocycles. The third kappa shape index (κ3) is 5.49. The lowest BCUT2D eigenvalue weighted by molar-refractivity contribution is -0.137. The molecule has 0 radical (unpaired) electrons. The normalized spacial score (nSPS) is 10.4. The molecule has 1 amide bonds. The summed E-state index contributed by atoms with van der Waals surface area (Å²) in [5, 5.41) is 17.4. The molecular formula is C13H16N2O5. The van der Waals surface area contributed by atoms with Crippen LogP contribution in [0.4, 0.5) is 0 Å². The molecule has 0 spiro atoms. The Labute approximate surface area is 115 Å². The summed E-state index contributed by atoms with van der Waals surface area (Å²) in [5.74, 6) is -2.52. The Morgan fingerprint density at radius 1 is 1.10 bits per heavy atom. The second-order valence-corrected chi connectivity index (χ2v) is 4.32. The van der Waals surface area contributed by atoms with Gasteiger partial charge in [0.05, 0.1) is 18.5 Å². The fraction of sp³-hybridized carbons (Fsp3) is 0.308. The minimum Gasteiger partial charge on any atom is -0.481 e. The third-order valence-corrected chi connectivity index (χ3v) is 2.63. The molecule has 0 saturated heterocycles. The van der Waals surface area contributed by atoms with Gasteiger partial charge in [0.2, 0.25) is 5.91 Å². The first-order valence-electron chi connectivity index (χ1n) is 5.93. The van der Waals surface area contributed by atoms with Gasteiger partial charge in [-0.3, -0.25) is 14.5 Å². The Morgan fingerprint density at radius 3 is 2.15 bits per heavy atom. The number of carboxylic acid groups (broad SMARTS) is 2. The zero-order valence-corrected chi connectivity index (χ0v) is 10.8. The van der Waals surface area contributed by atoms with Crippen LogP contribution in [-0.4, -0.2) is 46.0 Å². The minimum atomic E-state index is -1.02. The van der Waals surface area contributed by atoms with E-state index in [2.05, 4.69) is 0 Å². The average Bonchev–Trinajstić information content (AvgIpc) is 2.36. The van der Waals surface area contributed by atoms with Crippen LogP contribution in [0.5, 0.6) is 0 Å². The molecule has 0 aromatic heterocycles. The first kappa shape index (κ1) is 15.6. The van der Waals surface area contributed by atoms with Crippen molar-refractivity contribution in [1.82, 2.24) is 4.90 Å². The van der Waals surface area contributed by atoms with Crippen molar-refractivity contribution >= 4 is 17.8 Å². The van der Waals surface area contributed by atoms with E-state index in [1.807, 2.05) is 0 Å². The second kappa shape index (κ2) is 7.25. The maximum absolute atomic E-state index is 10.9. The first-order valence-corrected chi connectivity index (χ1v) is 5.93. The quantitative estimate of drug-likeness (QED) is 0.623. The number of nitrogens with zero attached hydrogens (tertiary/aromatic N) is 1. The fourth-order valence-corrected chi connectivity index (χ4v) is 1.70. The summed E-state index contributed by atoms with van der Waals surface area (Å²) in [6, 6.07) is 6.16. The maximum atomic E-state index is 10.9. The van der Waals surface area contributed by atoms with Crippen LogP contribution in [0, 0.1) is 0 Å². The number of rotatable bonds is 8. The fourth-order valence-electron chi connectivity index (χ4n) is 1.70. The number of amides is 1. The molecule has 7 heteroatoms. The van der Waals surface area contributed by atoms with Crippen molar-refractivity contribution in [1.29, 1.82) is 0 Å². The summed E-state index contributed by atoms with van der Waals surface area (Å²) in [7, 11) is 0. The highest BCUT2D eigenvalue weighted by molar-refractivity contribution is 5.87. The Bertz CT molecular complexity index is 498. The van der Waals surface area contributed by atoms with Crippen LogP contribution >= 0.6 is 0 Å². The molecule has 7 nitrogen and oxygen atoms in total. The van der Waals surface area contributed by atoms with Crippen molar-refractivity contribution in [2.45, 2.75) is 13.0 Å². The van der Waals surface area contributed by atoms with E-state index in [-0.39, 0.29) is 25.1 Å². The number of aliphatic carboxylic acids is 1. The van der Waals surface area contributed by atoms with E-state index < -0.39 is 17.8 Å². The highest BCUT2D eigenvalue weighted by Gasteiger charge is 2.11. The summed E-state index contributed by atoms with van der Waals surface area (Å²) >= 11 is 0. The Balaban J connectivity index is 2.69. The molecule has 1 aromatic rings. The van der Waals surface area contributed by atoms with Crippen LogP contribution in [0.25, 0.3) is 0 Å². The predicted molar refractivity (Wildman–Crippen MR) is 70.1 cm³/mol. The number of primary amides is 1. The number of benzene rings is 1. The number of nitrogens with two attached hydrogens (primary N) is 1. The summed E-state index contributed by atoms with van der Waals surface area (Å²) < 4.78 is 0. The van der Waals surface area contributed by atoms with Crippen LogP contribution < -0.4 is 5.73 Å². The molecule has 0 unspecified atom stereocenters. The summed E-state index contributed by atoms with van der Waals surface area (Å²) in [6.45, 7) is 0.475. The van der Waals surface area contributed by atoms with Gasteiger partial charge in [-0.2, -0.15) is 0 Å². The molecule has 0 heterocycles. The average molecular weight is 280 g/mol. The second-order valence-electron chi connectivity index (χ2n) is 4.32. The molecule has 4 N–H and O–H groups in total. The highest BCUT2D eigenvalue weighted by Crippen LogP contribution is 2.08. The van der Waals surface area contributed by atoms with E-state index >= 15 is 0 Å². The number of carboxylic acids is 2. The topological polar surface area (TPSA) is 121 Å².